The van der Waals surface area contributed by atoms with Crippen molar-refractivity contribution in [2.45, 2.75) is 0 Å². The van der Waals surface area contributed by atoms with Gasteiger partial charge in [0.1, 0.15) is 0 Å². The molecule has 0 amide bonds. The van der Waals surface area contributed by atoms with E-state index in [4.69, 9.17) is 0 Å². The Bertz CT molecular complexity index is 1370. The Morgan fingerprint density at radius 3 is 1.14 bits per heavy atom. The zero-order chi connectivity index (χ0) is 24.2. The number of aromatic nitrogens is 4. The van der Waals surface area contributed by atoms with Crippen molar-refractivity contribution in [2.24, 2.45) is 0 Å². The summed E-state index contributed by atoms with van der Waals surface area (Å²) in [6.45, 7) is 0. The predicted molar refractivity (Wildman–Crippen MR) is 144 cm³/mol. The summed E-state index contributed by atoms with van der Waals surface area (Å²) < 4.78 is 0. The van der Waals surface area contributed by atoms with E-state index in [0.717, 1.165) is 33.5 Å². The lowest BCUT2D eigenvalue weighted by Crippen LogP contribution is -2.15. The van der Waals surface area contributed by atoms with Gasteiger partial charge in [0.2, 0.25) is 11.9 Å². The first kappa shape index (κ1) is 21.4. The summed E-state index contributed by atoms with van der Waals surface area (Å²) in [5.41, 5.74) is 3.92. The third kappa shape index (κ3) is 4.01. The fourth-order valence-corrected chi connectivity index (χ4v) is 4.36. The molecule has 0 aliphatic heterocycles. The summed E-state index contributed by atoms with van der Waals surface area (Å²) in [7, 11) is 0. The fraction of sp³-hybridized carbons (Fsp3) is 0. The molecule has 0 fully saturated rings. The summed E-state index contributed by atoms with van der Waals surface area (Å²) in [4.78, 5) is 22.5. The minimum atomic E-state index is 0.605. The molecule has 6 nitrogen and oxygen atoms in total. The molecule has 4 aromatic carbocycles. The largest absolute Gasteiger partial charge is 0.279 e. The number of benzene rings is 4. The number of rotatable bonds is 6. The van der Waals surface area contributed by atoms with E-state index in [1.54, 1.807) is 24.8 Å². The highest BCUT2D eigenvalue weighted by molar-refractivity contribution is 6.06. The monoisotopic (exact) mass is 466 g/mol. The van der Waals surface area contributed by atoms with Crippen molar-refractivity contribution in [3.05, 3.63) is 134 Å². The molecule has 6 rings (SSSR count). The molecule has 0 saturated carbocycles. The molecule has 0 atom stereocenters. The van der Waals surface area contributed by atoms with Crippen LogP contribution in [-0.2, 0) is 0 Å². The maximum Gasteiger partial charge on any atom is 0.234 e. The highest BCUT2D eigenvalue weighted by Crippen LogP contribution is 2.42. The van der Waals surface area contributed by atoms with Gasteiger partial charge in [-0.2, -0.15) is 0 Å². The molecular formula is C30H22N6. The standard InChI is InChI=1S/C30H22N6/c1-3-11-23(12-4-1)35(29-31-19-9-20-32-29)27-17-7-16-26-25(27)15-8-18-28(26)36(24-13-5-2-6-14-24)30-33-21-10-22-34-30/h1-22H. The first-order chi connectivity index (χ1) is 17.9. The summed E-state index contributed by atoms with van der Waals surface area (Å²) in [5, 5.41) is 2.12. The molecule has 36 heavy (non-hydrogen) atoms. The van der Waals surface area contributed by atoms with Crippen LogP contribution in [-0.4, -0.2) is 19.9 Å². The maximum absolute atomic E-state index is 4.58. The number of hydrogen-bond acceptors (Lipinski definition) is 6. The highest BCUT2D eigenvalue weighted by atomic mass is 15.3. The molecule has 0 spiro atoms. The van der Waals surface area contributed by atoms with Gasteiger partial charge in [-0.1, -0.05) is 60.7 Å². The van der Waals surface area contributed by atoms with Crippen molar-refractivity contribution in [1.29, 1.82) is 0 Å². The smallest absolute Gasteiger partial charge is 0.234 e. The lowest BCUT2D eigenvalue weighted by Gasteiger charge is -2.27. The summed E-state index contributed by atoms with van der Waals surface area (Å²) in [6.07, 6.45) is 7.05. The fourth-order valence-electron chi connectivity index (χ4n) is 4.36. The van der Waals surface area contributed by atoms with E-state index in [-0.39, 0.29) is 0 Å². The van der Waals surface area contributed by atoms with E-state index in [1.165, 1.54) is 0 Å². The van der Waals surface area contributed by atoms with Gasteiger partial charge in [0.05, 0.1) is 11.4 Å². The van der Waals surface area contributed by atoms with E-state index in [9.17, 15) is 0 Å². The molecule has 172 valence electrons. The van der Waals surface area contributed by atoms with Crippen molar-refractivity contribution in [3.8, 4) is 0 Å². The van der Waals surface area contributed by atoms with Crippen LogP contribution >= 0.6 is 0 Å². The van der Waals surface area contributed by atoms with Gasteiger partial charge in [-0.05, 0) is 48.5 Å². The molecule has 0 bridgehead atoms. The van der Waals surface area contributed by atoms with Gasteiger partial charge in [-0.25, -0.2) is 19.9 Å². The first-order valence-electron chi connectivity index (χ1n) is 11.7. The Labute approximate surface area is 209 Å². The van der Waals surface area contributed by atoms with Gasteiger partial charge in [-0.15, -0.1) is 0 Å². The quantitative estimate of drug-likeness (QED) is 0.256. The van der Waals surface area contributed by atoms with Crippen LogP contribution in [0.25, 0.3) is 10.8 Å². The number of fused-ring (bicyclic) bond motifs is 1. The summed E-state index contributed by atoms with van der Waals surface area (Å²) in [6, 6.07) is 36.6. The zero-order valence-electron chi connectivity index (χ0n) is 19.4. The number of nitrogens with zero attached hydrogens (tertiary/aromatic N) is 6. The SMILES string of the molecule is c1ccc(N(c2ncccn2)c2cccc3c(N(c4ccccc4)c4ncccn4)cccc23)cc1. The van der Waals surface area contributed by atoms with E-state index in [1.807, 2.05) is 48.5 Å². The third-order valence-electron chi connectivity index (χ3n) is 5.89. The van der Waals surface area contributed by atoms with Crippen molar-refractivity contribution in [1.82, 2.24) is 19.9 Å². The molecule has 0 saturated heterocycles. The molecular weight excluding hydrogens is 444 g/mol. The average Bonchev–Trinajstić information content (AvgIpc) is 2.96. The lowest BCUT2D eigenvalue weighted by molar-refractivity contribution is 1.08. The van der Waals surface area contributed by atoms with E-state index >= 15 is 0 Å². The third-order valence-corrected chi connectivity index (χ3v) is 5.89. The van der Waals surface area contributed by atoms with Gasteiger partial charge in [0, 0.05) is 46.9 Å². The first-order valence-corrected chi connectivity index (χ1v) is 11.7. The van der Waals surface area contributed by atoms with Crippen LogP contribution in [0.3, 0.4) is 0 Å². The molecule has 6 aromatic rings. The number of anilines is 6. The Hall–Kier alpha value is -5.10. The molecule has 6 heteroatoms. The Kier molecular flexibility index (Phi) is 5.74. The molecule has 0 aliphatic carbocycles. The number of hydrogen-bond donors (Lipinski definition) is 0. The maximum atomic E-state index is 4.58. The van der Waals surface area contributed by atoms with E-state index < -0.39 is 0 Å². The van der Waals surface area contributed by atoms with Crippen molar-refractivity contribution >= 4 is 45.4 Å². The molecule has 0 radical (unpaired) electrons. The van der Waals surface area contributed by atoms with Crippen LogP contribution < -0.4 is 9.80 Å². The molecule has 0 N–H and O–H groups in total. The topological polar surface area (TPSA) is 58.0 Å². The Morgan fingerprint density at radius 1 is 0.361 bits per heavy atom. The van der Waals surface area contributed by atoms with Crippen LogP contribution in [0.15, 0.2) is 134 Å². The normalized spacial score (nSPS) is 10.8. The zero-order valence-corrected chi connectivity index (χ0v) is 19.4. The lowest BCUT2D eigenvalue weighted by atomic mass is 10.0. The number of para-hydroxylation sites is 2. The van der Waals surface area contributed by atoms with Crippen molar-refractivity contribution in [3.63, 3.8) is 0 Å². The van der Waals surface area contributed by atoms with Crippen molar-refractivity contribution < 1.29 is 0 Å². The second-order valence-electron chi connectivity index (χ2n) is 8.09. The van der Waals surface area contributed by atoms with Crippen molar-refractivity contribution in [2.75, 3.05) is 9.80 Å². The van der Waals surface area contributed by atoms with Gasteiger partial charge in [0.15, 0.2) is 0 Å². The second kappa shape index (κ2) is 9.64. The van der Waals surface area contributed by atoms with E-state index in [2.05, 4.69) is 90.4 Å². The molecule has 2 aromatic heterocycles. The van der Waals surface area contributed by atoms with Crippen LogP contribution in [0.5, 0.6) is 0 Å². The highest BCUT2D eigenvalue weighted by Gasteiger charge is 2.21. The van der Waals surface area contributed by atoms with Gasteiger partial charge in [-0.3, -0.25) is 9.80 Å². The summed E-state index contributed by atoms with van der Waals surface area (Å²) >= 11 is 0. The van der Waals surface area contributed by atoms with Crippen LogP contribution in [0, 0.1) is 0 Å². The Morgan fingerprint density at radius 2 is 0.750 bits per heavy atom. The molecule has 0 unspecified atom stereocenters. The van der Waals surface area contributed by atoms with E-state index in [0.29, 0.717) is 11.9 Å². The van der Waals surface area contributed by atoms with Gasteiger partial charge in [0.25, 0.3) is 0 Å². The molecule has 0 aliphatic rings. The Balaban J connectivity index is 1.59. The van der Waals surface area contributed by atoms with Crippen LogP contribution in [0.4, 0.5) is 34.6 Å². The second-order valence-corrected chi connectivity index (χ2v) is 8.09. The van der Waals surface area contributed by atoms with Crippen LogP contribution in [0.1, 0.15) is 0 Å². The summed E-state index contributed by atoms with van der Waals surface area (Å²) in [5.74, 6) is 1.21. The minimum absolute atomic E-state index is 0.605. The predicted octanol–water partition coefficient (Wildman–Crippen LogP) is 7.36. The minimum Gasteiger partial charge on any atom is -0.279 e. The molecule has 2 heterocycles. The van der Waals surface area contributed by atoms with Gasteiger partial charge < -0.3 is 0 Å². The average molecular weight is 467 g/mol. The van der Waals surface area contributed by atoms with Crippen LogP contribution in [0.2, 0.25) is 0 Å². The van der Waals surface area contributed by atoms with Gasteiger partial charge >= 0.3 is 0 Å².